The Morgan fingerprint density at radius 1 is 1.32 bits per heavy atom. The molecule has 1 aromatic carbocycles. The molecule has 1 aromatic rings. The number of rotatable bonds is 4. The summed E-state index contributed by atoms with van der Waals surface area (Å²) in [4.78, 5) is 14.4. The molecule has 1 amide bonds. The first-order valence-electron chi connectivity index (χ1n) is 6.90. The van der Waals surface area contributed by atoms with Gasteiger partial charge in [-0.1, -0.05) is 41.3 Å². The largest absolute Gasteiger partial charge is 0.395 e. The molecule has 0 unspecified atom stereocenters. The van der Waals surface area contributed by atoms with Crippen molar-refractivity contribution in [2.75, 3.05) is 13.2 Å². The normalized spacial score (nSPS) is 16.3. The van der Waals surface area contributed by atoms with E-state index < -0.39 is 0 Å². The molecule has 2 rings (SSSR count). The molecule has 1 saturated carbocycles. The predicted octanol–water partition coefficient (Wildman–Crippen LogP) is 3.22. The molecule has 1 aliphatic carbocycles. The molecule has 3 nitrogen and oxygen atoms in total. The van der Waals surface area contributed by atoms with Crippen molar-refractivity contribution in [3.05, 3.63) is 34.3 Å². The van der Waals surface area contributed by atoms with Gasteiger partial charge in [0.15, 0.2) is 0 Å². The van der Waals surface area contributed by atoms with Gasteiger partial charge in [0.1, 0.15) is 0 Å². The van der Waals surface area contributed by atoms with Crippen LogP contribution in [0.15, 0.2) is 28.7 Å². The number of hydrogen-bond acceptors (Lipinski definition) is 2. The summed E-state index contributed by atoms with van der Waals surface area (Å²) in [6, 6.07) is 7.74. The van der Waals surface area contributed by atoms with E-state index in [9.17, 15) is 9.90 Å². The van der Waals surface area contributed by atoms with Crippen LogP contribution in [-0.4, -0.2) is 35.1 Å². The molecule has 0 heterocycles. The van der Waals surface area contributed by atoms with Gasteiger partial charge in [-0.2, -0.15) is 0 Å². The van der Waals surface area contributed by atoms with E-state index in [-0.39, 0.29) is 18.6 Å². The summed E-state index contributed by atoms with van der Waals surface area (Å²) in [7, 11) is 0. The first kappa shape index (κ1) is 14.5. The Kier molecular flexibility index (Phi) is 5.40. The highest BCUT2D eigenvalue weighted by Crippen LogP contribution is 2.24. The second kappa shape index (κ2) is 7.06. The minimum Gasteiger partial charge on any atom is -0.395 e. The number of carbonyl (C=O) groups is 1. The molecule has 0 spiro atoms. The average molecular weight is 326 g/mol. The van der Waals surface area contributed by atoms with Crippen LogP contribution in [0.2, 0.25) is 0 Å². The quantitative estimate of drug-likeness (QED) is 0.923. The van der Waals surface area contributed by atoms with Crippen LogP contribution in [0.4, 0.5) is 0 Å². The fourth-order valence-electron chi connectivity index (χ4n) is 2.74. The molecule has 1 aliphatic rings. The first-order valence-corrected chi connectivity index (χ1v) is 7.69. The maximum Gasteiger partial charge on any atom is 0.254 e. The number of hydrogen-bond donors (Lipinski definition) is 1. The third kappa shape index (κ3) is 3.80. The second-order valence-corrected chi connectivity index (χ2v) is 5.94. The lowest BCUT2D eigenvalue weighted by Crippen LogP contribution is -2.43. The molecule has 104 valence electrons. The van der Waals surface area contributed by atoms with Crippen LogP contribution in [0.1, 0.15) is 42.5 Å². The van der Waals surface area contributed by atoms with Crippen molar-refractivity contribution in [3.63, 3.8) is 0 Å². The summed E-state index contributed by atoms with van der Waals surface area (Å²) in [6.07, 6.45) is 5.73. The van der Waals surface area contributed by atoms with Crippen LogP contribution in [0.25, 0.3) is 0 Å². The number of nitrogens with zero attached hydrogens (tertiary/aromatic N) is 1. The van der Waals surface area contributed by atoms with E-state index in [1.807, 2.05) is 29.2 Å². The van der Waals surface area contributed by atoms with Crippen molar-refractivity contribution < 1.29 is 9.90 Å². The minimum atomic E-state index is 0.0241. The lowest BCUT2D eigenvalue weighted by atomic mass is 9.93. The Morgan fingerprint density at radius 3 is 2.68 bits per heavy atom. The standard InChI is InChI=1S/C15H20BrNO2/c16-13-6-4-5-12(11-13)15(19)17(9-10-18)14-7-2-1-3-8-14/h4-6,11,14,18H,1-3,7-10H2. The Balaban J connectivity index is 2.15. The number of carbonyl (C=O) groups excluding carboxylic acids is 1. The van der Waals surface area contributed by atoms with Crippen molar-refractivity contribution in [3.8, 4) is 0 Å². The Bertz CT molecular complexity index is 430. The lowest BCUT2D eigenvalue weighted by Gasteiger charge is -2.34. The van der Waals surface area contributed by atoms with Crippen LogP contribution in [-0.2, 0) is 0 Å². The molecule has 0 radical (unpaired) electrons. The molecule has 1 N–H and O–H groups in total. The zero-order valence-corrected chi connectivity index (χ0v) is 12.6. The summed E-state index contributed by atoms with van der Waals surface area (Å²) in [5, 5.41) is 9.21. The number of aliphatic hydroxyl groups is 1. The minimum absolute atomic E-state index is 0.0241. The van der Waals surface area contributed by atoms with E-state index in [1.165, 1.54) is 19.3 Å². The Labute approximate surface area is 122 Å². The van der Waals surface area contributed by atoms with Crippen molar-refractivity contribution in [1.82, 2.24) is 4.90 Å². The molecule has 0 bridgehead atoms. The van der Waals surface area contributed by atoms with Crippen LogP contribution < -0.4 is 0 Å². The zero-order chi connectivity index (χ0) is 13.7. The maximum atomic E-state index is 12.6. The molecule has 0 aliphatic heterocycles. The number of aliphatic hydroxyl groups excluding tert-OH is 1. The fourth-order valence-corrected chi connectivity index (χ4v) is 3.14. The van der Waals surface area contributed by atoms with E-state index in [1.54, 1.807) is 0 Å². The lowest BCUT2D eigenvalue weighted by molar-refractivity contribution is 0.0585. The van der Waals surface area contributed by atoms with Crippen molar-refractivity contribution in [2.24, 2.45) is 0 Å². The smallest absolute Gasteiger partial charge is 0.254 e. The molecule has 0 aromatic heterocycles. The van der Waals surface area contributed by atoms with E-state index >= 15 is 0 Å². The second-order valence-electron chi connectivity index (χ2n) is 5.02. The van der Waals surface area contributed by atoms with Gasteiger partial charge in [-0.3, -0.25) is 4.79 Å². The summed E-state index contributed by atoms with van der Waals surface area (Å²) in [6.45, 7) is 0.451. The molecule has 0 saturated heterocycles. The highest BCUT2D eigenvalue weighted by molar-refractivity contribution is 9.10. The molecular formula is C15H20BrNO2. The van der Waals surface area contributed by atoms with Gasteiger partial charge in [0.2, 0.25) is 0 Å². The summed E-state index contributed by atoms with van der Waals surface area (Å²) < 4.78 is 0.908. The molecule has 19 heavy (non-hydrogen) atoms. The van der Waals surface area contributed by atoms with E-state index in [0.717, 1.165) is 17.3 Å². The SMILES string of the molecule is O=C(c1cccc(Br)c1)N(CCO)C1CCCCC1. The topological polar surface area (TPSA) is 40.5 Å². The van der Waals surface area contributed by atoms with E-state index in [2.05, 4.69) is 15.9 Å². The van der Waals surface area contributed by atoms with Gasteiger partial charge < -0.3 is 10.0 Å². The number of halogens is 1. The van der Waals surface area contributed by atoms with Crippen LogP contribution in [0.5, 0.6) is 0 Å². The molecule has 1 fully saturated rings. The van der Waals surface area contributed by atoms with Gasteiger partial charge in [0.25, 0.3) is 5.91 Å². The van der Waals surface area contributed by atoms with Gasteiger partial charge in [0, 0.05) is 22.6 Å². The Hall–Kier alpha value is -0.870. The predicted molar refractivity (Wildman–Crippen MR) is 79.1 cm³/mol. The molecule has 4 heteroatoms. The first-order chi connectivity index (χ1) is 9.22. The molecular weight excluding hydrogens is 306 g/mol. The average Bonchev–Trinajstić information content (AvgIpc) is 2.45. The summed E-state index contributed by atoms with van der Waals surface area (Å²) in [5.41, 5.74) is 0.688. The van der Waals surface area contributed by atoms with Crippen LogP contribution >= 0.6 is 15.9 Å². The third-order valence-electron chi connectivity index (χ3n) is 3.69. The van der Waals surface area contributed by atoms with Gasteiger partial charge >= 0.3 is 0 Å². The third-order valence-corrected chi connectivity index (χ3v) is 4.18. The van der Waals surface area contributed by atoms with Crippen LogP contribution in [0, 0.1) is 0 Å². The Morgan fingerprint density at radius 2 is 2.05 bits per heavy atom. The van der Waals surface area contributed by atoms with Gasteiger partial charge in [-0.15, -0.1) is 0 Å². The van der Waals surface area contributed by atoms with Gasteiger partial charge in [0.05, 0.1) is 6.61 Å². The van der Waals surface area contributed by atoms with E-state index in [4.69, 9.17) is 0 Å². The van der Waals surface area contributed by atoms with Crippen LogP contribution in [0.3, 0.4) is 0 Å². The maximum absolute atomic E-state index is 12.6. The highest BCUT2D eigenvalue weighted by atomic mass is 79.9. The van der Waals surface area contributed by atoms with E-state index in [0.29, 0.717) is 12.1 Å². The van der Waals surface area contributed by atoms with Gasteiger partial charge in [-0.25, -0.2) is 0 Å². The van der Waals surface area contributed by atoms with Crippen molar-refractivity contribution in [2.45, 2.75) is 38.1 Å². The monoisotopic (exact) mass is 325 g/mol. The number of benzene rings is 1. The fraction of sp³-hybridized carbons (Fsp3) is 0.533. The van der Waals surface area contributed by atoms with Crippen molar-refractivity contribution >= 4 is 21.8 Å². The highest BCUT2D eigenvalue weighted by Gasteiger charge is 2.25. The zero-order valence-electron chi connectivity index (χ0n) is 11.0. The molecule has 0 atom stereocenters. The number of amides is 1. The summed E-state index contributed by atoms with van der Waals surface area (Å²) >= 11 is 3.39. The van der Waals surface area contributed by atoms with Gasteiger partial charge in [-0.05, 0) is 31.0 Å². The summed E-state index contributed by atoms with van der Waals surface area (Å²) in [5.74, 6) is 0.0299. The van der Waals surface area contributed by atoms with Crippen molar-refractivity contribution in [1.29, 1.82) is 0 Å².